The molecule has 0 fully saturated rings. The molecule has 0 aliphatic carbocycles. The number of ether oxygens (including phenoxy) is 3. The quantitative estimate of drug-likeness (QED) is 0.503. The second-order valence-corrected chi connectivity index (χ2v) is 6.64. The van der Waals surface area contributed by atoms with Crippen molar-refractivity contribution < 1.29 is 19.0 Å². The number of rotatable bonds is 6. The van der Waals surface area contributed by atoms with Crippen molar-refractivity contribution in [1.29, 1.82) is 0 Å². The molecule has 1 aliphatic rings. The molecule has 8 heteroatoms. The number of nitrogens with one attached hydrogen (secondary N) is 3. The number of amides is 1. The monoisotopic (exact) mass is 401 g/mol. The number of thiocarbonyl (C=S) groups is 1. The van der Waals surface area contributed by atoms with Crippen molar-refractivity contribution >= 4 is 23.2 Å². The van der Waals surface area contributed by atoms with E-state index in [-0.39, 0.29) is 5.91 Å². The van der Waals surface area contributed by atoms with Crippen LogP contribution >= 0.6 is 12.2 Å². The third kappa shape index (κ3) is 4.83. The van der Waals surface area contributed by atoms with Crippen LogP contribution in [0.4, 0.5) is 0 Å². The molecule has 0 saturated carbocycles. The third-order valence-corrected chi connectivity index (χ3v) is 4.63. The molecule has 148 valence electrons. The van der Waals surface area contributed by atoms with Gasteiger partial charge < -0.3 is 19.5 Å². The van der Waals surface area contributed by atoms with E-state index in [2.05, 4.69) is 16.2 Å². The Hall–Kier alpha value is -3.00. The van der Waals surface area contributed by atoms with Crippen molar-refractivity contribution in [3.8, 4) is 17.2 Å². The van der Waals surface area contributed by atoms with Gasteiger partial charge in [0, 0.05) is 13.0 Å². The summed E-state index contributed by atoms with van der Waals surface area (Å²) in [6, 6.07) is 13.4. The normalized spacial score (nSPS) is 14.4. The summed E-state index contributed by atoms with van der Waals surface area (Å²) in [4.78, 5) is 12.2. The molecular formula is C20H23N3O4S. The van der Waals surface area contributed by atoms with Crippen LogP contribution in [0.1, 0.15) is 11.1 Å². The van der Waals surface area contributed by atoms with E-state index in [9.17, 15) is 4.79 Å². The molecule has 0 bridgehead atoms. The van der Waals surface area contributed by atoms with Gasteiger partial charge in [-0.25, -0.2) is 0 Å². The predicted octanol–water partition coefficient (Wildman–Crippen LogP) is 1.75. The number of hydrogen-bond acceptors (Lipinski definition) is 5. The molecule has 0 spiro atoms. The summed E-state index contributed by atoms with van der Waals surface area (Å²) in [7, 11) is 3.21. The van der Waals surface area contributed by atoms with E-state index in [1.54, 1.807) is 14.2 Å². The lowest BCUT2D eigenvalue weighted by atomic mass is 10.1. The molecular weight excluding hydrogens is 378 g/mol. The average molecular weight is 401 g/mol. The summed E-state index contributed by atoms with van der Waals surface area (Å²) in [6.45, 7) is 0.600. The first-order valence-electron chi connectivity index (χ1n) is 8.90. The Labute approximate surface area is 169 Å². The molecule has 0 unspecified atom stereocenters. The van der Waals surface area contributed by atoms with Gasteiger partial charge in [0.1, 0.15) is 5.75 Å². The van der Waals surface area contributed by atoms with Crippen LogP contribution in [-0.2, 0) is 17.6 Å². The SMILES string of the molecule is COc1ccc(CCNC(=S)NNC(=O)[C@@H]2Cc3ccccc3O2)cc1OC. The summed E-state index contributed by atoms with van der Waals surface area (Å²) in [5, 5.41) is 3.39. The number of para-hydroxylation sites is 1. The molecule has 3 rings (SSSR count). The van der Waals surface area contributed by atoms with Crippen molar-refractivity contribution in [3.63, 3.8) is 0 Å². The van der Waals surface area contributed by atoms with Gasteiger partial charge in [-0.2, -0.15) is 0 Å². The van der Waals surface area contributed by atoms with Crippen LogP contribution in [0.25, 0.3) is 0 Å². The highest BCUT2D eigenvalue weighted by atomic mass is 32.1. The van der Waals surface area contributed by atoms with E-state index >= 15 is 0 Å². The molecule has 3 N–H and O–H groups in total. The topological polar surface area (TPSA) is 80.9 Å². The number of benzene rings is 2. The van der Waals surface area contributed by atoms with Crippen molar-refractivity contribution in [1.82, 2.24) is 16.2 Å². The standard InChI is InChI=1S/C20H23N3O4S/c1-25-16-8-7-13(11-17(16)26-2)9-10-21-20(28)23-22-19(24)18-12-14-5-3-4-6-15(14)27-18/h3-8,11,18H,9-10,12H2,1-2H3,(H,22,24)(H2,21,23,28)/t18-/m0/s1. The first kappa shape index (κ1) is 19.8. The predicted molar refractivity (Wildman–Crippen MR) is 110 cm³/mol. The van der Waals surface area contributed by atoms with Gasteiger partial charge in [-0.3, -0.25) is 15.6 Å². The van der Waals surface area contributed by atoms with Crippen molar-refractivity contribution in [3.05, 3.63) is 53.6 Å². The molecule has 0 radical (unpaired) electrons. The summed E-state index contributed by atoms with van der Waals surface area (Å²) >= 11 is 5.20. The van der Waals surface area contributed by atoms with Crippen LogP contribution in [0, 0.1) is 0 Å². The lowest BCUT2D eigenvalue weighted by molar-refractivity contribution is -0.127. The van der Waals surface area contributed by atoms with Crippen LogP contribution in [0.5, 0.6) is 17.2 Å². The van der Waals surface area contributed by atoms with Crippen LogP contribution in [0.15, 0.2) is 42.5 Å². The van der Waals surface area contributed by atoms with E-state index in [1.165, 1.54) is 0 Å². The zero-order valence-electron chi connectivity index (χ0n) is 15.8. The smallest absolute Gasteiger partial charge is 0.279 e. The summed E-state index contributed by atoms with van der Waals surface area (Å²) in [5.41, 5.74) is 7.40. The number of fused-ring (bicyclic) bond motifs is 1. The molecule has 7 nitrogen and oxygen atoms in total. The molecule has 1 heterocycles. The zero-order valence-corrected chi connectivity index (χ0v) is 16.6. The lowest BCUT2D eigenvalue weighted by Crippen LogP contribution is -2.51. The lowest BCUT2D eigenvalue weighted by Gasteiger charge is -2.15. The van der Waals surface area contributed by atoms with E-state index in [1.807, 2.05) is 42.5 Å². The second-order valence-electron chi connectivity index (χ2n) is 6.23. The minimum Gasteiger partial charge on any atom is -0.493 e. The van der Waals surface area contributed by atoms with Crippen molar-refractivity contribution in [2.75, 3.05) is 20.8 Å². The Balaban J connectivity index is 1.39. The summed E-state index contributed by atoms with van der Waals surface area (Å²) in [5.74, 6) is 1.86. The highest BCUT2D eigenvalue weighted by Gasteiger charge is 2.28. The van der Waals surface area contributed by atoms with Gasteiger partial charge in [-0.1, -0.05) is 24.3 Å². The van der Waals surface area contributed by atoms with Gasteiger partial charge in [0.15, 0.2) is 22.7 Å². The molecule has 0 saturated heterocycles. The van der Waals surface area contributed by atoms with Gasteiger partial charge in [0.25, 0.3) is 5.91 Å². The third-order valence-electron chi connectivity index (χ3n) is 4.39. The zero-order chi connectivity index (χ0) is 19.9. The number of hydrogen-bond donors (Lipinski definition) is 3. The maximum absolute atomic E-state index is 12.2. The van der Waals surface area contributed by atoms with E-state index in [0.29, 0.717) is 29.6 Å². The van der Waals surface area contributed by atoms with Crippen LogP contribution < -0.4 is 30.4 Å². The van der Waals surface area contributed by atoms with Gasteiger partial charge in [0.05, 0.1) is 14.2 Å². The number of methoxy groups -OCH3 is 2. The Morgan fingerprint density at radius 1 is 1.14 bits per heavy atom. The molecule has 1 atom stereocenters. The Morgan fingerprint density at radius 3 is 2.68 bits per heavy atom. The van der Waals surface area contributed by atoms with Gasteiger partial charge in [-0.05, 0) is 48.0 Å². The highest BCUT2D eigenvalue weighted by Crippen LogP contribution is 2.28. The molecule has 28 heavy (non-hydrogen) atoms. The fraction of sp³-hybridized carbons (Fsp3) is 0.300. The summed E-state index contributed by atoms with van der Waals surface area (Å²) < 4.78 is 16.2. The molecule has 2 aromatic rings. The van der Waals surface area contributed by atoms with Gasteiger partial charge in [0.2, 0.25) is 0 Å². The van der Waals surface area contributed by atoms with E-state index < -0.39 is 6.10 Å². The first-order chi connectivity index (χ1) is 13.6. The van der Waals surface area contributed by atoms with Crippen molar-refractivity contribution in [2.45, 2.75) is 18.9 Å². The van der Waals surface area contributed by atoms with Crippen LogP contribution in [0.3, 0.4) is 0 Å². The van der Waals surface area contributed by atoms with Crippen LogP contribution in [-0.4, -0.2) is 37.9 Å². The second kappa shape index (κ2) is 9.27. The number of hydrazine groups is 1. The minimum absolute atomic E-state index is 0.264. The minimum atomic E-state index is -0.556. The highest BCUT2D eigenvalue weighted by molar-refractivity contribution is 7.80. The molecule has 2 aromatic carbocycles. The fourth-order valence-corrected chi connectivity index (χ4v) is 3.08. The molecule has 0 aromatic heterocycles. The Bertz CT molecular complexity index is 834. The maximum Gasteiger partial charge on any atom is 0.279 e. The maximum atomic E-state index is 12.2. The number of carbonyl (C=O) groups excluding carboxylic acids is 1. The number of carbonyl (C=O) groups is 1. The largest absolute Gasteiger partial charge is 0.493 e. The Kier molecular flexibility index (Phi) is 6.54. The van der Waals surface area contributed by atoms with Gasteiger partial charge >= 0.3 is 0 Å². The van der Waals surface area contributed by atoms with E-state index in [0.717, 1.165) is 23.3 Å². The van der Waals surface area contributed by atoms with Crippen molar-refractivity contribution in [2.24, 2.45) is 0 Å². The molecule has 1 aliphatic heterocycles. The van der Waals surface area contributed by atoms with E-state index in [4.69, 9.17) is 26.4 Å². The fourth-order valence-electron chi connectivity index (χ4n) is 2.93. The molecule has 1 amide bonds. The van der Waals surface area contributed by atoms with Crippen LogP contribution in [0.2, 0.25) is 0 Å². The Morgan fingerprint density at radius 2 is 1.93 bits per heavy atom. The van der Waals surface area contributed by atoms with Gasteiger partial charge in [-0.15, -0.1) is 0 Å². The first-order valence-corrected chi connectivity index (χ1v) is 9.30. The summed E-state index contributed by atoms with van der Waals surface area (Å²) in [6.07, 6.45) is 0.722. The average Bonchev–Trinajstić information content (AvgIpc) is 3.16.